The molecule has 0 aliphatic rings. The fraction of sp³-hybridized carbons (Fsp3) is 0.263. The molecule has 0 saturated heterocycles. The van der Waals surface area contributed by atoms with E-state index >= 15 is 0 Å². The first kappa shape index (κ1) is 20.5. The van der Waals surface area contributed by atoms with E-state index in [2.05, 4.69) is 9.71 Å². The van der Waals surface area contributed by atoms with Crippen LogP contribution in [0.1, 0.15) is 16.7 Å². The summed E-state index contributed by atoms with van der Waals surface area (Å²) in [7, 11) is -3.37. The van der Waals surface area contributed by atoms with Crippen molar-refractivity contribution in [3.63, 3.8) is 0 Å². The Morgan fingerprint density at radius 3 is 2.50 bits per heavy atom. The minimum Gasteiger partial charge on any atom is -0.361 e. The Morgan fingerprint density at radius 2 is 1.77 bits per heavy atom. The minimum absolute atomic E-state index is 0. The van der Waals surface area contributed by atoms with Crippen LogP contribution in [-0.4, -0.2) is 26.5 Å². The van der Waals surface area contributed by atoms with Crippen LogP contribution >= 0.6 is 12.4 Å². The van der Waals surface area contributed by atoms with Crippen molar-refractivity contribution in [2.45, 2.75) is 18.6 Å². The van der Waals surface area contributed by atoms with Gasteiger partial charge in [-0.2, -0.15) is 0 Å². The van der Waals surface area contributed by atoms with Crippen LogP contribution in [-0.2, 0) is 28.6 Å². The molecule has 0 radical (unpaired) electrons. The standard InChI is InChI=1S/C19H23N3O2S.ClH/c20-10-8-17-13-21-19-7-6-16(12-18(17)19)14-25(23,24)22-11-9-15-4-2-1-3-5-15;/h1-7,12-13,21-22H,8-11,14,20H2;1H. The maximum atomic E-state index is 12.3. The average molecular weight is 394 g/mol. The molecule has 3 aromatic rings. The summed E-state index contributed by atoms with van der Waals surface area (Å²) in [5, 5.41) is 1.04. The van der Waals surface area contributed by atoms with E-state index in [0.29, 0.717) is 19.5 Å². The van der Waals surface area contributed by atoms with E-state index < -0.39 is 10.0 Å². The quantitative estimate of drug-likeness (QED) is 0.549. The van der Waals surface area contributed by atoms with E-state index in [0.717, 1.165) is 34.0 Å². The molecule has 0 bridgehead atoms. The van der Waals surface area contributed by atoms with Gasteiger partial charge < -0.3 is 10.7 Å². The molecule has 7 heteroatoms. The lowest BCUT2D eigenvalue weighted by Crippen LogP contribution is -2.27. The van der Waals surface area contributed by atoms with Gasteiger partial charge in [0.1, 0.15) is 0 Å². The molecule has 0 aliphatic carbocycles. The van der Waals surface area contributed by atoms with Gasteiger partial charge in [-0.15, -0.1) is 12.4 Å². The summed E-state index contributed by atoms with van der Waals surface area (Å²) >= 11 is 0. The molecule has 4 N–H and O–H groups in total. The highest BCUT2D eigenvalue weighted by atomic mass is 35.5. The number of H-pyrrole nitrogens is 1. The number of sulfonamides is 1. The molecule has 1 heterocycles. The summed E-state index contributed by atoms with van der Waals surface area (Å²) < 4.78 is 27.4. The molecule has 0 aliphatic heterocycles. The van der Waals surface area contributed by atoms with Gasteiger partial charge in [0, 0.05) is 23.6 Å². The molecule has 0 amide bonds. The zero-order valence-corrected chi connectivity index (χ0v) is 16.1. The number of aromatic nitrogens is 1. The molecular weight excluding hydrogens is 370 g/mol. The largest absolute Gasteiger partial charge is 0.361 e. The third kappa shape index (κ3) is 5.32. The summed E-state index contributed by atoms with van der Waals surface area (Å²) in [5.41, 5.74) is 9.65. The van der Waals surface area contributed by atoms with Crippen LogP contribution in [0.5, 0.6) is 0 Å². The first-order valence-corrected chi connectivity index (χ1v) is 10.0. The summed E-state index contributed by atoms with van der Waals surface area (Å²) in [6, 6.07) is 15.5. The smallest absolute Gasteiger partial charge is 0.215 e. The van der Waals surface area contributed by atoms with Crippen LogP contribution in [0.3, 0.4) is 0 Å². The number of hydrogen-bond acceptors (Lipinski definition) is 3. The molecule has 0 atom stereocenters. The summed E-state index contributed by atoms with van der Waals surface area (Å²) in [4.78, 5) is 3.19. The third-order valence-electron chi connectivity index (χ3n) is 4.18. The first-order valence-electron chi connectivity index (χ1n) is 8.37. The fourth-order valence-corrected chi connectivity index (χ4v) is 4.08. The molecule has 0 saturated carbocycles. The molecule has 5 nitrogen and oxygen atoms in total. The number of aromatic amines is 1. The van der Waals surface area contributed by atoms with Crippen LogP contribution in [0.2, 0.25) is 0 Å². The van der Waals surface area contributed by atoms with Crippen molar-refractivity contribution < 1.29 is 8.42 Å². The third-order valence-corrected chi connectivity index (χ3v) is 5.54. The van der Waals surface area contributed by atoms with Gasteiger partial charge in [0.25, 0.3) is 0 Å². The Kier molecular flexibility index (Phi) is 7.23. The van der Waals surface area contributed by atoms with E-state index in [4.69, 9.17) is 5.73 Å². The average Bonchev–Trinajstić information content (AvgIpc) is 2.98. The second-order valence-corrected chi connectivity index (χ2v) is 7.93. The predicted molar refractivity (Wildman–Crippen MR) is 109 cm³/mol. The highest BCUT2D eigenvalue weighted by molar-refractivity contribution is 7.88. The number of halogens is 1. The predicted octanol–water partition coefficient (Wildman–Crippen LogP) is 2.75. The summed E-state index contributed by atoms with van der Waals surface area (Å²) in [5.74, 6) is -0.0228. The van der Waals surface area contributed by atoms with Gasteiger partial charge in [0.2, 0.25) is 10.0 Å². The normalized spacial score (nSPS) is 11.4. The van der Waals surface area contributed by atoms with Crippen molar-refractivity contribution in [1.82, 2.24) is 9.71 Å². The zero-order chi connectivity index (χ0) is 17.7. The van der Waals surface area contributed by atoms with Crippen molar-refractivity contribution in [2.24, 2.45) is 5.73 Å². The van der Waals surface area contributed by atoms with Gasteiger partial charge in [-0.3, -0.25) is 0 Å². The number of hydrogen-bond donors (Lipinski definition) is 3. The number of nitrogens with one attached hydrogen (secondary N) is 2. The fourth-order valence-electron chi connectivity index (χ4n) is 2.94. The summed E-state index contributed by atoms with van der Waals surface area (Å²) in [6.07, 6.45) is 3.39. The molecule has 140 valence electrons. The Morgan fingerprint density at radius 1 is 1.00 bits per heavy atom. The second kappa shape index (κ2) is 9.19. The van der Waals surface area contributed by atoms with Crippen molar-refractivity contribution in [2.75, 3.05) is 13.1 Å². The van der Waals surface area contributed by atoms with Gasteiger partial charge in [-0.1, -0.05) is 36.4 Å². The zero-order valence-electron chi connectivity index (χ0n) is 14.4. The van der Waals surface area contributed by atoms with Gasteiger partial charge in [0.05, 0.1) is 5.75 Å². The SMILES string of the molecule is Cl.NCCc1c[nH]c2ccc(CS(=O)(=O)NCCc3ccccc3)cc12. The lowest BCUT2D eigenvalue weighted by molar-refractivity contribution is 0.581. The maximum absolute atomic E-state index is 12.3. The second-order valence-electron chi connectivity index (χ2n) is 6.12. The Hall–Kier alpha value is -1.86. The molecule has 1 aromatic heterocycles. The Labute approximate surface area is 160 Å². The first-order chi connectivity index (χ1) is 12.1. The van der Waals surface area contributed by atoms with Crippen molar-refractivity contribution in [1.29, 1.82) is 0 Å². The van der Waals surface area contributed by atoms with Gasteiger partial charge >= 0.3 is 0 Å². The number of rotatable bonds is 8. The van der Waals surface area contributed by atoms with E-state index in [1.54, 1.807) is 0 Å². The lowest BCUT2D eigenvalue weighted by atomic mass is 10.1. The van der Waals surface area contributed by atoms with E-state index in [1.807, 2.05) is 54.7 Å². The van der Waals surface area contributed by atoms with Crippen LogP contribution in [0, 0.1) is 0 Å². The minimum atomic E-state index is -3.37. The van der Waals surface area contributed by atoms with Crippen molar-refractivity contribution in [3.8, 4) is 0 Å². The van der Waals surface area contributed by atoms with Crippen LogP contribution in [0.15, 0.2) is 54.7 Å². The topological polar surface area (TPSA) is 88.0 Å². The monoisotopic (exact) mass is 393 g/mol. The molecule has 26 heavy (non-hydrogen) atoms. The molecule has 3 rings (SSSR count). The van der Waals surface area contributed by atoms with Crippen molar-refractivity contribution >= 4 is 33.3 Å². The molecule has 2 aromatic carbocycles. The Balaban J connectivity index is 0.00000243. The highest BCUT2D eigenvalue weighted by Crippen LogP contribution is 2.21. The van der Waals surface area contributed by atoms with Crippen LogP contribution in [0.4, 0.5) is 0 Å². The lowest BCUT2D eigenvalue weighted by Gasteiger charge is -2.08. The maximum Gasteiger partial charge on any atom is 0.215 e. The van der Waals surface area contributed by atoms with Crippen LogP contribution < -0.4 is 10.5 Å². The molecule has 0 unspecified atom stereocenters. The Bertz CT molecular complexity index is 940. The molecule has 0 fully saturated rings. The molecule has 0 spiro atoms. The summed E-state index contributed by atoms with van der Waals surface area (Å²) in [6.45, 7) is 0.966. The number of nitrogens with two attached hydrogens (primary N) is 1. The van der Waals surface area contributed by atoms with Gasteiger partial charge in [-0.05, 0) is 48.2 Å². The number of benzene rings is 2. The van der Waals surface area contributed by atoms with Crippen molar-refractivity contribution in [3.05, 3.63) is 71.4 Å². The highest BCUT2D eigenvalue weighted by Gasteiger charge is 2.12. The van der Waals surface area contributed by atoms with Gasteiger partial charge in [-0.25, -0.2) is 13.1 Å². The number of fused-ring (bicyclic) bond motifs is 1. The van der Waals surface area contributed by atoms with Gasteiger partial charge in [0.15, 0.2) is 0 Å². The molecular formula is C19H24ClN3O2S. The van der Waals surface area contributed by atoms with E-state index in [-0.39, 0.29) is 18.2 Å². The van der Waals surface area contributed by atoms with E-state index in [9.17, 15) is 8.42 Å². The van der Waals surface area contributed by atoms with E-state index in [1.165, 1.54) is 0 Å². The van der Waals surface area contributed by atoms with Crippen LogP contribution in [0.25, 0.3) is 10.9 Å².